The Kier molecular flexibility index (Phi) is 12.2. The van der Waals surface area contributed by atoms with Crippen molar-refractivity contribution in [1.82, 2.24) is 0 Å². The average Bonchev–Trinajstić information content (AvgIpc) is 3.68. The fourth-order valence-electron chi connectivity index (χ4n) is 13.7. The fourth-order valence-corrected chi connectivity index (χ4v) is 13.7. The Morgan fingerprint density at radius 1 is 0.733 bits per heavy atom. The molecular formula is C44H70O16. The topological polar surface area (TPSA) is 236 Å². The molecule has 0 unspecified atom stereocenters. The van der Waals surface area contributed by atoms with Crippen LogP contribution in [0.25, 0.3) is 0 Å². The molecule has 8 fully saturated rings. The molecule has 0 aromatic rings. The van der Waals surface area contributed by atoms with Gasteiger partial charge in [-0.05, 0) is 98.7 Å². The van der Waals surface area contributed by atoms with Gasteiger partial charge in [-0.25, -0.2) is 0 Å². The molecule has 5 saturated heterocycles. The van der Waals surface area contributed by atoms with Gasteiger partial charge in [0.25, 0.3) is 0 Å². The minimum absolute atomic E-state index is 0.0142. The quantitative estimate of drug-likeness (QED) is 0.166. The van der Waals surface area contributed by atoms with Crippen molar-refractivity contribution in [3.05, 3.63) is 11.6 Å². The minimum atomic E-state index is -1.70. The summed E-state index contributed by atoms with van der Waals surface area (Å²) in [7, 11) is 0. The third-order valence-electron chi connectivity index (χ3n) is 17.3. The van der Waals surface area contributed by atoms with E-state index >= 15 is 0 Å². The average molecular weight is 855 g/mol. The van der Waals surface area contributed by atoms with E-state index in [0.717, 1.165) is 45.1 Å². The lowest BCUT2D eigenvalue weighted by Crippen LogP contribution is -2.66. The van der Waals surface area contributed by atoms with E-state index < -0.39 is 98.4 Å². The maximum absolute atomic E-state index is 11.9. The summed E-state index contributed by atoms with van der Waals surface area (Å²) in [5.74, 6) is 2.65. The molecule has 0 aromatic heterocycles. The molecule has 8 N–H and O–H groups in total. The number of ether oxygens (including phenoxy) is 8. The molecule has 16 heteroatoms. The molecule has 5 heterocycles. The van der Waals surface area contributed by atoms with Gasteiger partial charge in [0.05, 0.1) is 38.1 Å². The molecule has 0 radical (unpaired) electrons. The van der Waals surface area contributed by atoms with Crippen molar-refractivity contribution in [2.45, 2.75) is 196 Å². The second kappa shape index (κ2) is 16.5. The lowest BCUT2D eigenvalue weighted by atomic mass is 9.47. The summed E-state index contributed by atoms with van der Waals surface area (Å²) in [5.41, 5.74) is 1.54. The molecular weight excluding hydrogens is 784 g/mol. The van der Waals surface area contributed by atoms with E-state index in [-0.39, 0.29) is 29.6 Å². The summed E-state index contributed by atoms with van der Waals surface area (Å²) < 4.78 is 49.8. The lowest BCUT2D eigenvalue weighted by Gasteiger charge is -2.58. The largest absolute Gasteiger partial charge is 0.394 e. The van der Waals surface area contributed by atoms with Crippen LogP contribution in [0, 0.1) is 46.3 Å². The third-order valence-corrected chi connectivity index (χ3v) is 17.3. The predicted octanol–water partition coefficient (Wildman–Crippen LogP) is 0.853. The first-order chi connectivity index (χ1) is 28.5. The predicted molar refractivity (Wildman–Crippen MR) is 208 cm³/mol. The molecule has 60 heavy (non-hydrogen) atoms. The molecule has 3 saturated carbocycles. The summed E-state index contributed by atoms with van der Waals surface area (Å²) in [6, 6.07) is 0. The Morgan fingerprint density at radius 2 is 1.48 bits per heavy atom. The molecule has 9 rings (SSSR count). The van der Waals surface area contributed by atoms with Gasteiger partial charge >= 0.3 is 0 Å². The molecule has 0 amide bonds. The molecule has 1 spiro atoms. The van der Waals surface area contributed by atoms with Crippen LogP contribution in [0.3, 0.4) is 0 Å². The second-order valence-corrected chi connectivity index (χ2v) is 20.6. The van der Waals surface area contributed by atoms with Crippen molar-refractivity contribution < 1.29 is 78.7 Å². The summed E-state index contributed by atoms with van der Waals surface area (Å²) >= 11 is 0. The van der Waals surface area contributed by atoms with E-state index in [0.29, 0.717) is 48.3 Å². The van der Waals surface area contributed by atoms with Gasteiger partial charge < -0.3 is 78.7 Å². The van der Waals surface area contributed by atoms with Crippen LogP contribution in [0.4, 0.5) is 0 Å². The van der Waals surface area contributed by atoms with Crippen molar-refractivity contribution in [3.8, 4) is 0 Å². The Hall–Kier alpha value is -0.900. The number of aliphatic hydroxyl groups excluding tert-OH is 8. The Bertz CT molecular complexity index is 1560. The fraction of sp³-hybridized carbons (Fsp3) is 0.955. The Balaban J connectivity index is 0.913. The molecule has 342 valence electrons. The van der Waals surface area contributed by atoms with Gasteiger partial charge in [-0.1, -0.05) is 39.3 Å². The van der Waals surface area contributed by atoms with Crippen molar-refractivity contribution in [3.63, 3.8) is 0 Å². The smallest absolute Gasteiger partial charge is 0.187 e. The summed E-state index contributed by atoms with van der Waals surface area (Å²) in [6.45, 7) is 10.9. The van der Waals surface area contributed by atoms with Gasteiger partial charge in [-0.2, -0.15) is 0 Å². The van der Waals surface area contributed by atoms with Gasteiger partial charge in [-0.15, -0.1) is 0 Å². The molecule has 25 atom stereocenters. The first-order valence-corrected chi connectivity index (χ1v) is 22.8. The molecule has 9 aliphatic rings. The van der Waals surface area contributed by atoms with Gasteiger partial charge in [0.2, 0.25) is 0 Å². The maximum Gasteiger partial charge on any atom is 0.187 e. The third kappa shape index (κ3) is 7.19. The van der Waals surface area contributed by atoms with E-state index in [4.69, 9.17) is 37.9 Å². The monoisotopic (exact) mass is 854 g/mol. The van der Waals surface area contributed by atoms with Gasteiger partial charge in [0.1, 0.15) is 61.0 Å². The first kappa shape index (κ1) is 44.3. The van der Waals surface area contributed by atoms with Crippen LogP contribution in [0.1, 0.15) is 92.4 Å². The zero-order valence-corrected chi connectivity index (χ0v) is 35.6. The van der Waals surface area contributed by atoms with Crippen molar-refractivity contribution in [2.24, 2.45) is 46.3 Å². The molecule has 4 aliphatic carbocycles. The number of fused-ring (bicyclic) bond motifs is 7. The molecule has 16 nitrogen and oxygen atoms in total. The number of hydrogen-bond donors (Lipinski definition) is 8. The van der Waals surface area contributed by atoms with Crippen LogP contribution < -0.4 is 0 Å². The lowest BCUT2D eigenvalue weighted by molar-refractivity contribution is -0.385. The highest BCUT2D eigenvalue weighted by molar-refractivity contribution is 5.26. The van der Waals surface area contributed by atoms with E-state index in [2.05, 4.69) is 33.8 Å². The highest BCUT2D eigenvalue weighted by Crippen LogP contribution is 2.70. The van der Waals surface area contributed by atoms with Gasteiger partial charge in [0, 0.05) is 12.3 Å². The number of hydrogen-bond acceptors (Lipinski definition) is 16. The van der Waals surface area contributed by atoms with Crippen molar-refractivity contribution >= 4 is 0 Å². The zero-order chi connectivity index (χ0) is 42.6. The van der Waals surface area contributed by atoms with Crippen LogP contribution in [-0.4, -0.2) is 165 Å². The zero-order valence-electron chi connectivity index (χ0n) is 35.6. The molecule has 5 aliphatic heterocycles. The maximum atomic E-state index is 11.9. The van der Waals surface area contributed by atoms with Gasteiger partial charge in [-0.3, -0.25) is 0 Å². The summed E-state index contributed by atoms with van der Waals surface area (Å²) in [5, 5.41) is 85.1. The minimum Gasteiger partial charge on any atom is -0.394 e. The Labute approximate surface area is 352 Å². The number of aliphatic hydroxyl groups is 8. The first-order valence-electron chi connectivity index (χ1n) is 22.8. The van der Waals surface area contributed by atoms with Crippen LogP contribution >= 0.6 is 0 Å². The summed E-state index contributed by atoms with van der Waals surface area (Å²) in [4.78, 5) is 0. The normalized spacial score (nSPS) is 57.9. The van der Waals surface area contributed by atoms with Crippen LogP contribution in [0.15, 0.2) is 11.6 Å². The van der Waals surface area contributed by atoms with Crippen LogP contribution in [0.2, 0.25) is 0 Å². The highest BCUT2D eigenvalue weighted by Gasteiger charge is 2.69. The van der Waals surface area contributed by atoms with Crippen molar-refractivity contribution in [2.75, 3.05) is 19.8 Å². The van der Waals surface area contributed by atoms with Crippen molar-refractivity contribution in [1.29, 1.82) is 0 Å². The number of rotatable bonds is 7. The number of allylic oxidation sites excluding steroid dienone is 1. The standard InChI is InChI=1S/C44H70O16/c1-19-8-13-44(54-17-19)20(2)30-28(60-44)15-26-24-7-6-22-14-23(9-11-42(22,4)25(24)10-12-43(26,30)5)56-41-38(59-40-35(51)33(49)31(47)21(3)55-40)36(52)37(29(16-45)57-41)58-39-34(50)32(48)27(46)18-53-39/h6,19-21,23-41,45-52H,7-18H2,1-5H3/t19-,20+,21+,23+,24-,25+,26+,27-,28+,29-,30+,31+,32-,33-,34+,35-,36+,37-,38-,39+,40+,41-,42+,43+,44-/m1/s1. The molecule has 0 aromatic carbocycles. The van der Waals surface area contributed by atoms with E-state index in [1.807, 2.05) is 0 Å². The van der Waals surface area contributed by atoms with Gasteiger partial charge in [0.15, 0.2) is 24.7 Å². The van der Waals surface area contributed by atoms with Crippen LogP contribution in [0.5, 0.6) is 0 Å². The van der Waals surface area contributed by atoms with E-state index in [9.17, 15) is 40.9 Å². The second-order valence-electron chi connectivity index (χ2n) is 20.6. The van der Waals surface area contributed by atoms with E-state index in [1.54, 1.807) is 0 Å². The highest BCUT2D eigenvalue weighted by atomic mass is 16.8. The van der Waals surface area contributed by atoms with E-state index in [1.165, 1.54) is 18.9 Å². The SMILES string of the molecule is C[C@@H]1CC[C@@]2(OC1)O[C@H]1C[C@H]3[C@@H]4CC=C5C[C@@H](O[C@@H]6O[C@H](CO)[C@@H](O[C@@H]7OC[C@@H](O)[C@@H](O)[C@@H]7O)[C@H](O)[C@H]6O[C@@H]6O[C@@H](C)[C@H](O)[C@@H](O)[C@H]6O)CC[C@]5(C)[C@H]4CC[C@]3(C)[C@H]1[C@@H]2C. The molecule has 0 bridgehead atoms. The van der Waals surface area contributed by atoms with Crippen LogP contribution in [-0.2, 0) is 37.9 Å². The summed E-state index contributed by atoms with van der Waals surface area (Å²) in [6.07, 6.45) is -9.25. The Morgan fingerprint density at radius 3 is 2.22 bits per heavy atom.